The van der Waals surface area contributed by atoms with Crippen LogP contribution in [-0.2, 0) is 13.1 Å². The first kappa shape index (κ1) is 13.6. The molecule has 2 rings (SSSR count). The van der Waals surface area contributed by atoms with Crippen LogP contribution in [0.15, 0.2) is 40.2 Å². The summed E-state index contributed by atoms with van der Waals surface area (Å²) in [5.41, 5.74) is 1.25. The lowest BCUT2D eigenvalue weighted by molar-refractivity contribution is 0.338. The number of hydrogen-bond donors (Lipinski definition) is 1. The van der Waals surface area contributed by atoms with Gasteiger partial charge in [-0.25, -0.2) is 0 Å². The summed E-state index contributed by atoms with van der Waals surface area (Å²) in [5, 5.41) is 5.53. The average molecular weight is 326 g/mol. The molecule has 1 heterocycles. The van der Waals surface area contributed by atoms with Gasteiger partial charge in [-0.2, -0.15) is 0 Å². The normalized spacial score (nSPS) is 10.6. The molecule has 0 amide bonds. The third-order valence-corrected chi connectivity index (χ3v) is 4.00. The van der Waals surface area contributed by atoms with Gasteiger partial charge in [0, 0.05) is 18.0 Å². The highest BCUT2D eigenvalue weighted by molar-refractivity contribution is 9.10. The predicted octanol–water partition coefficient (Wildman–Crippen LogP) is 4.20. The van der Waals surface area contributed by atoms with Crippen LogP contribution in [0.25, 0.3) is 0 Å². The van der Waals surface area contributed by atoms with Crippen molar-refractivity contribution in [3.63, 3.8) is 0 Å². The third-order valence-electron chi connectivity index (χ3n) is 2.50. The van der Waals surface area contributed by atoms with Crippen molar-refractivity contribution < 1.29 is 4.74 Å². The quantitative estimate of drug-likeness (QED) is 0.859. The Bertz CT molecular complexity index is 485. The van der Waals surface area contributed by atoms with Gasteiger partial charge >= 0.3 is 0 Å². The van der Waals surface area contributed by atoms with Crippen molar-refractivity contribution in [1.29, 1.82) is 0 Å². The van der Waals surface area contributed by atoms with Crippen molar-refractivity contribution in [3.05, 3.63) is 50.6 Å². The smallest absolute Gasteiger partial charge is 0.133 e. The standard InChI is InChI=1S/C14H16BrNOS/c1-2-17-14-6-5-11(8-13(14)15)9-16-10-12-4-3-7-18-12/h3-8,16H,2,9-10H2,1H3. The van der Waals surface area contributed by atoms with Gasteiger partial charge in [-0.15, -0.1) is 11.3 Å². The van der Waals surface area contributed by atoms with Gasteiger partial charge in [0.1, 0.15) is 5.75 Å². The molecule has 0 saturated heterocycles. The molecule has 0 atom stereocenters. The first-order chi connectivity index (χ1) is 8.79. The molecule has 1 N–H and O–H groups in total. The Morgan fingerprint density at radius 2 is 2.17 bits per heavy atom. The molecule has 0 saturated carbocycles. The molecule has 2 aromatic rings. The van der Waals surface area contributed by atoms with Gasteiger partial charge in [-0.3, -0.25) is 0 Å². The number of rotatable bonds is 6. The molecule has 96 valence electrons. The maximum absolute atomic E-state index is 5.49. The van der Waals surface area contributed by atoms with Gasteiger partial charge in [0.05, 0.1) is 11.1 Å². The zero-order valence-electron chi connectivity index (χ0n) is 10.3. The van der Waals surface area contributed by atoms with E-state index in [4.69, 9.17) is 4.74 Å². The number of ether oxygens (including phenoxy) is 1. The van der Waals surface area contributed by atoms with Crippen LogP contribution >= 0.6 is 27.3 Å². The Balaban J connectivity index is 1.88. The Labute approximate surface area is 120 Å². The van der Waals surface area contributed by atoms with E-state index in [-0.39, 0.29) is 0 Å². The largest absolute Gasteiger partial charge is 0.493 e. The van der Waals surface area contributed by atoms with Crippen LogP contribution in [0.2, 0.25) is 0 Å². The first-order valence-electron chi connectivity index (χ1n) is 5.94. The summed E-state index contributed by atoms with van der Waals surface area (Å²) in [6.45, 7) is 4.46. The number of hydrogen-bond acceptors (Lipinski definition) is 3. The second-order valence-corrected chi connectivity index (χ2v) is 5.77. The lowest BCUT2D eigenvalue weighted by Gasteiger charge is -2.08. The Hall–Kier alpha value is -0.840. The van der Waals surface area contributed by atoms with E-state index in [0.717, 1.165) is 23.3 Å². The minimum atomic E-state index is 0.689. The van der Waals surface area contributed by atoms with Crippen molar-refractivity contribution in [2.45, 2.75) is 20.0 Å². The number of nitrogens with one attached hydrogen (secondary N) is 1. The second kappa shape index (κ2) is 6.92. The molecule has 0 aliphatic carbocycles. The molecule has 1 aromatic carbocycles. The molecule has 4 heteroatoms. The van der Waals surface area contributed by atoms with Crippen LogP contribution in [0.4, 0.5) is 0 Å². The number of halogens is 1. The molecule has 0 radical (unpaired) electrons. The summed E-state index contributed by atoms with van der Waals surface area (Å²) in [5.74, 6) is 0.902. The van der Waals surface area contributed by atoms with Gasteiger partial charge < -0.3 is 10.1 Å². The zero-order valence-corrected chi connectivity index (χ0v) is 12.7. The van der Waals surface area contributed by atoms with Crippen molar-refractivity contribution in [3.8, 4) is 5.75 Å². The summed E-state index contributed by atoms with van der Waals surface area (Å²) in [4.78, 5) is 1.36. The fourth-order valence-corrected chi connectivity index (χ4v) is 2.89. The zero-order chi connectivity index (χ0) is 12.8. The van der Waals surface area contributed by atoms with Crippen LogP contribution in [0, 0.1) is 0 Å². The van der Waals surface area contributed by atoms with E-state index >= 15 is 0 Å². The van der Waals surface area contributed by atoms with Crippen molar-refractivity contribution in [2.75, 3.05) is 6.61 Å². The average Bonchev–Trinajstić information content (AvgIpc) is 2.86. The molecule has 0 fully saturated rings. The minimum absolute atomic E-state index is 0.689. The minimum Gasteiger partial charge on any atom is -0.493 e. The van der Waals surface area contributed by atoms with Crippen LogP contribution in [0.3, 0.4) is 0 Å². The monoisotopic (exact) mass is 325 g/mol. The maximum atomic E-state index is 5.49. The molecule has 2 nitrogen and oxygen atoms in total. The highest BCUT2D eigenvalue weighted by atomic mass is 79.9. The molecule has 0 spiro atoms. The van der Waals surface area contributed by atoms with E-state index < -0.39 is 0 Å². The fraction of sp³-hybridized carbons (Fsp3) is 0.286. The Morgan fingerprint density at radius 3 is 2.83 bits per heavy atom. The second-order valence-electron chi connectivity index (χ2n) is 3.88. The molecule has 0 bridgehead atoms. The van der Waals surface area contributed by atoms with E-state index in [1.807, 2.05) is 13.0 Å². The van der Waals surface area contributed by atoms with Gasteiger partial charge in [0.2, 0.25) is 0 Å². The highest BCUT2D eigenvalue weighted by Crippen LogP contribution is 2.25. The van der Waals surface area contributed by atoms with Crippen LogP contribution in [0.5, 0.6) is 5.75 Å². The number of thiophene rings is 1. The summed E-state index contributed by atoms with van der Waals surface area (Å²) in [6, 6.07) is 10.4. The van der Waals surface area contributed by atoms with E-state index in [1.54, 1.807) is 11.3 Å². The van der Waals surface area contributed by atoms with Gasteiger partial charge in [0.25, 0.3) is 0 Å². The SMILES string of the molecule is CCOc1ccc(CNCc2cccs2)cc1Br. The lowest BCUT2D eigenvalue weighted by atomic mass is 10.2. The summed E-state index contributed by atoms with van der Waals surface area (Å²) in [7, 11) is 0. The summed E-state index contributed by atoms with van der Waals surface area (Å²) in [6.07, 6.45) is 0. The van der Waals surface area contributed by atoms with E-state index in [9.17, 15) is 0 Å². The van der Waals surface area contributed by atoms with E-state index in [0.29, 0.717) is 6.61 Å². The first-order valence-corrected chi connectivity index (χ1v) is 7.61. The highest BCUT2D eigenvalue weighted by Gasteiger charge is 2.02. The van der Waals surface area contributed by atoms with Crippen LogP contribution in [-0.4, -0.2) is 6.61 Å². The maximum Gasteiger partial charge on any atom is 0.133 e. The van der Waals surface area contributed by atoms with Gasteiger partial charge in [-0.05, 0) is 52.0 Å². The molecule has 18 heavy (non-hydrogen) atoms. The topological polar surface area (TPSA) is 21.3 Å². The molecule has 0 aliphatic rings. The van der Waals surface area contributed by atoms with Crippen molar-refractivity contribution >= 4 is 27.3 Å². The Kier molecular flexibility index (Phi) is 5.23. The molecule has 0 unspecified atom stereocenters. The van der Waals surface area contributed by atoms with Crippen LogP contribution in [0.1, 0.15) is 17.4 Å². The molecule has 0 aliphatic heterocycles. The summed E-state index contributed by atoms with van der Waals surface area (Å²) >= 11 is 5.31. The van der Waals surface area contributed by atoms with Crippen LogP contribution < -0.4 is 10.1 Å². The molecule has 1 aromatic heterocycles. The van der Waals surface area contributed by atoms with Gasteiger partial charge in [0.15, 0.2) is 0 Å². The predicted molar refractivity (Wildman–Crippen MR) is 80.2 cm³/mol. The Morgan fingerprint density at radius 1 is 1.28 bits per heavy atom. The van der Waals surface area contributed by atoms with Gasteiger partial charge in [-0.1, -0.05) is 12.1 Å². The fourth-order valence-electron chi connectivity index (χ4n) is 1.67. The van der Waals surface area contributed by atoms with Crippen molar-refractivity contribution in [1.82, 2.24) is 5.32 Å². The summed E-state index contributed by atoms with van der Waals surface area (Å²) < 4.78 is 6.50. The molecular weight excluding hydrogens is 310 g/mol. The third kappa shape index (κ3) is 3.83. The van der Waals surface area contributed by atoms with Crippen molar-refractivity contribution in [2.24, 2.45) is 0 Å². The van der Waals surface area contributed by atoms with E-state index in [2.05, 4.69) is 50.9 Å². The number of benzene rings is 1. The molecular formula is C14H16BrNOS. The van der Waals surface area contributed by atoms with E-state index in [1.165, 1.54) is 10.4 Å². The lowest BCUT2D eigenvalue weighted by Crippen LogP contribution is -2.11.